The summed E-state index contributed by atoms with van der Waals surface area (Å²) in [5.74, 6) is -0.0523. The smallest absolute Gasteiger partial charge is 0.229 e. The molecule has 1 unspecified atom stereocenters. The topological polar surface area (TPSA) is 78.4 Å². The van der Waals surface area contributed by atoms with Crippen LogP contribution in [0.2, 0.25) is 0 Å². The Hall–Kier alpha value is -1.27. The summed E-state index contributed by atoms with van der Waals surface area (Å²) >= 11 is 0. The molecule has 1 aromatic carbocycles. The van der Waals surface area contributed by atoms with Gasteiger partial charge in [0, 0.05) is 6.04 Å². The van der Waals surface area contributed by atoms with Crippen LogP contribution in [0.25, 0.3) is 0 Å². The largest absolute Gasteiger partial charge is 0.506 e. The number of phenolic OH excluding ortho intramolecular Hbond substituents is 1. The number of hydrogen-bond donors (Lipinski definition) is 3. The first-order valence-electron chi connectivity index (χ1n) is 5.97. The molecule has 3 N–H and O–H groups in total. The molecule has 100 valence electrons. The van der Waals surface area contributed by atoms with Gasteiger partial charge < -0.3 is 10.4 Å². The van der Waals surface area contributed by atoms with Crippen molar-refractivity contribution in [2.24, 2.45) is 0 Å². The molecule has 1 fully saturated rings. The van der Waals surface area contributed by atoms with Gasteiger partial charge >= 0.3 is 0 Å². The Morgan fingerprint density at radius 2 is 2.28 bits per heavy atom. The molecule has 6 heteroatoms. The minimum Gasteiger partial charge on any atom is -0.506 e. The molecule has 0 saturated carbocycles. The van der Waals surface area contributed by atoms with E-state index in [-0.39, 0.29) is 11.4 Å². The minimum atomic E-state index is -3.37. The molecule has 0 amide bonds. The third-order valence-corrected chi connectivity index (χ3v) is 3.59. The third kappa shape index (κ3) is 3.61. The summed E-state index contributed by atoms with van der Waals surface area (Å²) in [6, 6.07) is 5.48. The van der Waals surface area contributed by atoms with Gasteiger partial charge in [0.25, 0.3) is 0 Å². The van der Waals surface area contributed by atoms with E-state index in [1.165, 1.54) is 12.5 Å². The van der Waals surface area contributed by atoms with Crippen molar-refractivity contribution in [3.05, 3.63) is 23.8 Å². The number of sulfonamides is 1. The monoisotopic (exact) mass is 270 g/mol. The molecular formula is C12H18N2O3S. The molecule has 5 nitrogen and oxygen atoms in total. The van der Waals surface area contributed by atoms with E-state index in [9.17, 15) is 13.5 Å². The zero-order valence-corrected chi connectivity index (χ0v) is 11.1. The van der Waals surface area contributed by atoms with Crippen LogP contribution in [-0.2, 0) is 16.4 Å². The highest BCUT2D eigenvalue weighted by atomic mass is 32.2. The molecule has 0 bridgehead atoms. The Bertz CT molecular complexity index is 522. The molecule has 1 saturated heterocycles. The number of benzene rings is 1. The van der Waals surface area contributed by atoms with Crippen LogP contribution in [0.15, 0.2) is 18.2 Å². The van der Waals surface area contributed by atoms with E-state index in [4.69, 9.17) is 0 Å². The van der Waals surface area contributed by atoms with Gasteiger partial charge in [-0.25, -0.2) is 8.42 Å². The molecule has 0 aromatic heterocycles. The average molecular weight is 270 g/mol. The van der Waals surface area contributed by atoms with E-state index in [0.717, 1.165) is 31.2 Å². The predicted molar refractivity (Wildman–Crippen MR) is 71.3 cm³/mol. The Morgan fingerprint density at radius 3 is 2.89 bits per heavy atom. The maximum atomic E-state index is 11.2. The molecule has 1 heterocycles. The molecule has 1 aromatic rings. The Balaban J connectivity index is 2.15. The molecule has 1 aliphatic rings. The minimum absolute atomic E-state index is 0.0523. The first-order chi connectivity index (χ1) is 8.44. The van der Waals surface area contributed by atoms with Crippen LogP contribution in [0, 0.1) is 0 Å². The maximum Gasteiger partial charge on any atom is 0.229 e. The summed E-state index contributed by atoms with van der Waals surface area (Å²) in [5, 5.41) is 13.0. The molecular weight excluding hydrogens is 252 g/mol. The summed E-state index contributed by atoms with van der Waals surface area (Å²) in [6.45, 7) is 1.04. The van der Waals surface area contributed by atoms with Crippen molar-refractivity contribution in [2.45, 2.75) is 25.3 Å². The first kappa shape index (κ1) is 13.2. The first-order valence-corrected chi connectivity index (χ1v) is 7.86. The second-order valence-electron chi connectivity index (χ2n) is 4.72. The molecule has 0 aliphatic carbocycles. The zero-order chi connectivity index (χ0) is 13.2. The van der Waals surface area contributed by atoms with Crippen molar-refractivity contribution in [3.8, 4) is 5.75 Å². The standard InChI is InChI=1S/C12H18N2O3S/c1-18(16,17)14-11-8-9(4-5-12(11)15)7-10-3-2-6-13-10/h4-5,8,10,13-15H,2-3,6-7H2,1H3. The average Bonchev–Trinajstić information content (AvgIpc) is 2.74. The van der Waals surface area contributed by atoms with Crippen LogP contribution in [0.5, 0.6) is 5.75 Å². The van der Waals surface area contributed by atoms with Gasteiger partial charge in [-0.15, -0.1) is 0 Å². The zero-order valence-electron chi connectivity index (χ0n) is 10.3. The number of hydrogen-bond acceptors (Lipinski definition) is 4. The summed E-state index contributed by atoms with van der Waals surface area (Å²) in [4.78, 5) is 0. The summed E-state index contributed by atoms with van der Waals surface area (Å²) < 4.78 is 24.7. The quantitative estimate of drug-likeness (QED) is 0.715. The number of phenols is 1. The van der Waals surface area contributed by atoms with Gasteiger partial charge in [-0.2, -0.15) is 0 Å². The van der Waals surface area contributed by atoms with Crippen molar-refractivity contribution in [1.82, 2.24) is 5.32 Å². The number of anilines is 1. The van der Waals surface area contributed by atoms with Crippen molar-refractivity contribution < 1.29 is 13.5 Å². The van der Waals surface area contributed by atoms with Crippen molar-refractivity contribution in [3.63, 3.8) is 0 Å². The molecule has 2 rings (SSSR count). The van der Waals surface area contributed by atoms with Gasteiger partial charge in [0.2, 0.25) is 10.0 Å². The molecule has 0 radical (unpaired) electrons. The highest BCUT2D eigenvalue weighted by molar-refractivity contribution is 7.92. The maximum absolute atomic E-state index is 11.2. The van der Waals surface area contributed by atoms with Crippen molar-refractivity contribution in [2.75, 3.05) is 17.5 Å². The van der Waals surface area contributed by atoms with Gasteiger partial charge in [0.1, 0.15) is 5.75 Å². The van der Waals surface area contributed by atoms with Crippen LogP contribution in [-0.4, -0.2) is 32.4 Å². The summed E-state index contributed by atoms with van der Waals surface area (Å²) in [7, 11) is -3.37. The van der Waals surface area contributed by atoms with E-state index in [1.807, 2.05) is 6.07 Å². The van der Waals surface area contributed by atoms with E-state index >= 15 is 0 Å². The highest BCUT2D eigenvalue weighted by Gasteiger charge is 2.15. The van der Waals surface area contributed by atoms with E-state index in [0.29, 0.717) is 6.04 Å². The highest BCUT2D eigenvalue weighted by Crippen LogP contribution is 2.26. The summed E-state index contributed by atoms with van der Waals surface area (Å²) in [6.07, 6.45) is 4.23. The number of rotatable bonds is 4. The Kier molecular flexibility index (Phi) is 3.77. The fourth-order valence-electron chi connectivity index (χ4n) is 2.21. The molecule has 1 aliphatic heterocycles. The van der Waals surface area contributed by atoms with Crippen molar-refractivity contribution in [1.29, 1.82) is 0 Å². The Morgan fingerprint density at radius 1 is 1.50 bits per heavy atom. The molecule has 1 atom stereocenters. The lowest BCUT2D eigenvalue weighted by Gasteiger charge is -2.12. The van der Waals surface area contributed by atoms with Crippen LogP contribution < -0.4 is 10.0 Å². The lowest BCUT2D eigenvalue weighted by Crippen LogP contribution is -2.23. The second kappa shape index (κ2) is 5.16. The van der Waals surface area contributed by atoms with Gasteiger partial charge in [-0.1, -0.05) is 6.07 Å². The van der Waals surface area contributed by atoms with Gasteiger partial charge in [-0.05, 0) is 43.5 Å². The van der Waals surface area contributed by atoms with Crippen LogP contribution in [0.4, 0.5) is 5.69 Å². The lowest BCUT2D eigenvalue weighted by atomic mass is 10.0. The van der Waals surface area contributed by atoms with Crippen LogP contribution in [0.1, 0.15) is 18.4 Å². The van der Waals surface area contributed by atoms with Crippen LogP contribution >= 0.6 is 0 Å². The van der Waals surface area contributed by atoms with Gasteiger partial charge in [0.15, 0.2) is 0 Å². The summed E-state index contributed by atoms with van der Waals surface area (Å²) in [5.41, 5.74) is 1.26. The number of aromatic hydroxyl groups is 1. The Labute approximate surface area is 107 Å². The van der Waals surface area contributed by atoms with Crippen LogP contribution in [0.3, 0.4) is 0 Å². The number of nitrogens with one attached hydrogen (secondary N) is 2. The van der Waals surface area contributed by atoms with E-state index in [1.54, 1.807) is 6.07 Å². The lowest BCUT2D eigenvalue weighted by molar-refractivity contribution is 0.477. The SMILES string of the molecule is CS(=O)(=O)Nc1cc(CC2CCCN2)ccc1O. The fraction of sp³-hybridized carbons (Fsp3) is 0.500. The normalized spacial score (nSPS) is 19.9. The fourth-order valence-corrected chi connectivity index (χ4v) is 2.77. The predicted octanol–water partition coefficient (Wildman–Crippen LogP) is 1.06. The molecule has 0 spiro atoms. The molecule has 18 heavy (non-hydrogen) atoms. The van der Waals surface area contributed by atoms with Crippen molar-refractivity contribution >= 4 is 15.7 Å². The van der Waals surface area contributed by atoms with Gasteiger partial charge in [-0.3, -0.25) is 4.72 Å². The second-order valence-corrected chi connectivity index (χ2v) is 6.47. The van der Waals surface area contributed by atoms with Gasteiger partial charge in [0.05, 0.1) is 11.9 Å². The van der Waals surface area contributed by atoms with E-state index < -0.39 is 10.0 Å². The van der Waals surface area contributed by atoms with E-state index in [2.05, 4.69) is 10.0 Å². The third-order valence-electron chi connectivity index (χ3n) is 3.00.